The number of aromatic nitrogens is 2. The number of anilines is 1. The molecule has 5 nitrogen and oxygen atoms in total. The Morgan fingerprint density at radius 3 is 3.05 bits per heavy atom. The SMILES string of the molecule is CCCN(CC1CCCN1)c1nc(OC)ncc1Cl. The summed E-state index contributed by atoms with van der Waals surface area (Å²) in [5, 5.41) is 4.08. The molecule has 19 heavy (non-hydrogen) atoms. The highest BCUT2D eigenvalue weighted by atomic mass is 35.5. The molecule has 1 unspecified atom stereocenters. The number of nitrogens with one attached hydrogen (secondary N) is 1. The van der Waals surface area contributed by atoms with Crippen LogP contribution in [-0.2, 0) is 0 Å². The Hall–Kier alpha value is -1.07. The molecular weight excluding hydrogens is 264 g/mol. The third-order valence-corrected chi connectivity index (χ3v) is 3.55. The highest BCUT2D eigenvalue weighted by molar-refractivity contribution is 6.32. The van der Waals surface area contributed by atoms with Gasteiger partial charge in [-0.2, -0.15) is 4.98 Å². The lowest BCUT2D eigenvalue weighted by Crippen LogP contribution is -2.38. The van der Waals surface area contributed by atoms with Gasteiger partial charge >= 0.3 is 6.01 Å². The average Bonchev–Trinajstić information content (AvgIpc) is 2.92. The Kier molecular flexibility index (Phi) is 5.22. The van der Waals surface area contributed by atoms with Crippen molar-refractivity contribution in [3.05, 3.63) is 11.2 Å². The first-order valence-electron chi connectivity index (χ1n) is 6.79. The van der Waals surface area contributed by atoms with Crippen LogP contribution in [-0.4, -0.2) is 42.8 Å². The summed E-state index contributed by atoms with van der Waals surface area (Å²) in [5.74, 6) is 0.768. The lowest BCUT2D eigenvalue weighted by atomic mass is 10.2. The van der Waals surface area contributed by atoms with Crippen molar-refractivity contribution in [3.63, 3.8) is 0 Å². The first-order valence-corrected chi connectivity index (χ1v) is 7.17. The predicted octanol–water partition coefficient (Wildman–Crippen LogP) is 2.11. The molecule has 1 atom stereocenters. The molecular formula is C13H21ClN4O. The van der Waals surface area contributed by atoms with E-state index in [-0.39, 0.29) is 0 Å². The van der Waals surface area contributed by atoms with Crippen molar-refractivity contribution in [2.45, 2.75) is 32.2 Å². The van der Waals surface area contributed by atoms with E-state index in [1.807, 2.05) is 0 Å². The van der Waals surface area contributed by atoms with Crippen LogP contribution in [0.4, 0.5) is 5.82 Å². The number of rotatable bonds is 6. The van der Waals surface area contributed by atoms with Crippen molar-refractivity contribution in [1.82, 2.24) is 15.3 Å². The number of nitrogens with zero attached hydrogens (tertiary/aromatic N) is 3. The van der Waals surface area contributed by atoms with E-state index < -0.39 is 0 Å². The number of methoxy groups -OCH3 is 1. The highest BCUT2D eigenvalue weighted by Crippen LogP contribution is 2.25. The molecule has 1 aromatic heterocycles. The molecule has 1 aromatic rings. The van der Waals surface area contributed by atoms with Crippen molar-refractivity contribution >= 4 is 17.4 Å². The van der Waals surface area contributed by atoms with Crippen LogP contribution in [0.25, 0.3) is 0 Å². The van der Waals surface area contributed by atoms with Crippen LogP contribution in [0.5, 0.6) is 6.01 Å². The quantitative estimate of drug-likeness (QED) is 0.867. The van der Waals surface area contributed by atoms with Crippen LogP contribution >= 0.6 is 11.6 Å². The molecule has 1 aliphatic heterocycles. The molecule has 0 radical (unpaired) electrons. The monoisotopic (exact) mass is 284 g/mol. The summed E-state index contributed by atoms with van der Waals surface area (Å²) in [7, 11) is 1.57. The van der Waals surface area contributed by atoms with Crippen LogP contribution < -0.4 is 15.0 Å². The lowest BCUT2D eigenvalue weighted by Gasteiger charge is -2.27. The fraction of sp³-hybridized carbons (Fsp3) is 0.692. The molecule has 0 saturated carbocycles. The summed E-state index contributed by atoms with van der Waals surface area (Å²) >= 11 is 6.23. The van der Waals surface area contributed by atoms with Gasteiger partial charge in [0.25, 0.3) is 0 Å². The van der Waals surface area contributed by atoms with Crippen LogP contribution in [0.1, 0.15) is 26.2 Å². The number of hydrogen-bond donors (Lipinski definition) is 1. The molecule has 106 valence electrons. The van der Waals surface area contributed by atoms with E-state index in [0.29, 0.717) is 17.1 Å². The number of ether oxygens (including phenoxy) is 1. The maximum atomic E-state index is 6.23. The van der Waals surface area contributed by atoms with E-state index in [0.717, 1.165) is 31.9 Å². The molecule has 0 amide bonds. The first-order chi connectivity index (χ1) is 9.24. The molecule has 0 aromatic carbocycles. The van der Waals surface area contributed by atoms with Gasteiger partial charge in [-0.05, 0) is 25.8 Å². The second-order valence-electron chi connectivity index (χ2n) is 4.77. The Morgan fingerprint density at radius 2 is 2.42 bits per heavy atom. The Balaban J connectivity index is 2.16. The van der Waals surface area contributed by atoms with Crippen LogP contribution in [0.2, 0.25) is 5.02 Å². The average molecular weight is 285 g/mol. The van der Waals surface area contributed by atoms with Crippen LogP contribution in [0.15, 0.2) is 6.20 Å². The fourth-order valence-electron chi connectivity index (χ4n) is 2.39. The van der Waals surface area contributed by atoms with Gasteiger partial charge < -0.3 is 15.0 Å². The molecule has 1 saturated heterocycles. The number of hydrogen-bond acceptors (Lipinski definition) is 5. The van der Waals surface area contributed by atoms with Crippen molar-refractivity contribution < 1.29 is 4.74 Å². The second-order valence-corrected chi connectivity index (χ2v) is 5.17. The molecule has 2 heterocycles. The third-order valence-electron chi connectivity index (χ3n) is 3.28. The van der Waals surface area contributed by atoms with Gasteiger partial charge in [-0.1, -0.05) is 18.5 Å². The minimum absolute atomic E-state index is 0.361. The lowest BCUT2D eigenvalue weighted by molar-refractivity contribution is 0.379. The van der Waals surface area contributed by atoms with Crippen LogP contribution in [0.3, 0.4) is 0 Å². The molecule has 1 aliphatic rings. The van der Waals surface area contributed by atoms with E-state index in [1.54, 1.807) is 13.3 Å². The van der Waals surface area contributed by atoms with Gasteiger partial charge in [0.1, 0.15) is 5.02 Å². The smallest absolute Gasteiger partial charge is 0.318 e. The van der Waals surface area contributed by atoms with E-state index in [2.05, 4.69) is 27.1 Å². The molecule has 0 aliphatic carbocycles. The predicted molar refractivity (Wildman–Crippen MR) is 77.1 cm³/mol. The van der Waals surface area contributed by atoms with Gasteiger partial charge in [-0.3, -0.25) is 0 Å². The summed E-state index contributed by atoms with van der Waals surface area (Å²) in [6.45, 7) is 5.11. The molecule has 0 spiro atoms. The van der Waals surface area contributed by atoms with E-state index in [4.69, 9.17) is 16.3 Å². The molecule has 1 fully saturated rings. The van der Waals surface area contributed by atoms with Gasteiger partial charge in [-0.15, -0.1) is 0 Å². The van der Waals surface area contributed by atoms with Gasteiger partial charge in [0.05, 0.1) is 13.3 Å². The van der Waals surface area contributed by atoms with Gasteiger partial charge in [-0.25, -0.2) is 4.98 Å². The van der Waals surface area contributed by atoms with E-state index in [9.17, 15) is 0 Å². The normalized spacial score (nSPS) is 18.6. The first kappa shape index (κ1) is 14.3. The summed E-state index contributed by atoms with van der Waals surface area (Å²) < 4.78 is 5.08. The zero-order valence-corrected chi connectivity index (χ0v) is 12.3. The van der Waals surface area contributed by atoms with E-state index in [1.165, 1.54) is 12.8 Å². The topological polar surface area (TPSA) is 50.3 Å². The molecule has 1 N–H and O–H groups in total. The summed E-state index contributed by atoms with van der Waals surface area (Å²) in [4.78, 5) is 10.6. The summed E-state index contributed by atoms with van der Waals surface area (Å²) in [5.41, 5.74) is 0. The Bertz CT molecular complexity index is 410. The standard InChI is InChI=1S/C13H21ClN4O/c1-3-7-18(9-10-5-4-6-15-10)12-11(14)8-16-13(17-12)19-2/h8,10,15H,3-7,9H2,1-2H3. The van der Waals surface area contributed by atoms with Crippen molar-refractivity contribution in [2.24, 2.45) is 0 Å². The third kappa shape index (κ3) is 3.70. The largest absolute Gasteiger partial charge is 0.467 e. The van der Waals surface area contributed by atoms with Crippen molar-refractivity contribution in [1.29, 1.82) is 0 Å². The number of halogens is 1. The van der Waals surface area contributed by atoms with Crippen molar-refractivity contribution in [3.8, 4) is 6.01 Å². The highest BCUT2D eigenvalue weighted by Gasteiger charge is 2.20. The Labute approximate surface area is 119 Å². The van der Waals surface area contributed by atoms with Crippen LogP contribution in [0, 0.1) is 0 Å². The fourth-order valence-corrected chi connectivity index (χ4v) is 2.61. The van der Waals surface area contributed by atoms with Gasteiger partial charge in [0.2, 0.25) is 0 Å². The van der Waals surface area contributed by atoms with Gasteiger partial charge in [0, 0.05) is 19.1 Å². The molecule has 6 heteroatoms. The minimum Gasteiger partial charge on any atom is -0.467 e. The zero-order valence-electron chi connectivity index (χ0n) is 11.5. The zero-order chi connectivity index (χ0) is 13.7. The summed E-state index contributed by atoms with van der Waals surface area (Å²) in [6.07, 6.45) is 5.11. The van der Waals surface area contributed by atoms with Crippen molar-refractivity contribution in [2.75, 3.05) is 31.6 Å². The maximum absolute atomic E-state index is 6.23. The van der Waals surface area contributed by atoms with E-state index >= 15 is 0 Å². The molecule has 2 rings (SSSR count). The Morgan fingerprint density at radius 1 is 1.58 bits per heavy atom. The summed E-state index contributed by atoms with van der Waals surface area (Å²) in [6, 6.07) is 0.878. The minimum atomic E-state index is 0.361. The second kappa shape index (κ2) is 6.91. The van der Waals surface area contributed by atoms with Gasteiger partial charge in [0.15, 0.2) is 5.82 Å². The maximum Gasteiger partial charge on any atom is 0.318 e. The molecule has 0 bridgehead atoms.